The van der Waals surface area contributed by atoms with E-state index in [4.69, 9.17) is 5.73 Å². The van der Waals surface area contributed by atoms with Gasteiger partial charge in [0.25, 0.3) is 5.91 Å². The zero-order chi connectivity index (χ0) is 19.1. The number of carbonyl (C=O) groups excluding carboxylic acids is 2. The van der Waals surface area contributed by atoms with Gasteiger partial charge in [0.15, 0.2) is 9.84 Å². The Morgan fingerprint density at radius 3 is 2.54 bits per heavy atom. The number of nitrogens with two attached hydrogens (primary N) is 1. The zero-order valence-electron chi connectivity index (χ0n) is 14.4. The number of benzene rings is 1. The Labute approximate surface area is 155 Å². The summed E-state index contributed by atoms with van der Waals surface area (Å²) in [5.41, 5.74) is 6.34. The van der Waals surface area contributed by atoms with E-state index in [9.17, 15) is 18.0 Å². The van der Waals surface area contributed by atoms with Crippen molar-refractivity contribution >= 4 is 33.0 Å². The van der Waals surface area contributed by atoms with E-state index in [0.29, 0.717) is 6.54 Å². The van der Waals surface area contributed by atoms with Gasteiger partial charge in [-0.05, 0) is 38.0 Å². The third-order valence-electron chi connectivity index (χ3n) is 4.30. The van der Waals surface area contributed by atoms with Crippen molar-refractivity contribution in [1.29, 1.82) is 0 Å². The Morgan fingerprint density at radius 2 is 1.96 bits per heavy atom. The lowest BCUT2D eigenvalue weighted by Crippen LogP contribution is -2.31. The topological polar surface area (TPSA) is 110 Å². The van der Waals surface area contributed by atoms with Crippen LogP contribution in [-0.4, -0.2) is 42.9 Å². The van der Waals surface area contributed by atoms with Gasteiger partial charge in [-0.25, -0.2) is 13.4 Å². The molecule has 0 radical (unpaired) electrons. The molecule has 0 aliphatic carbocycles. The molecule has 0 unspecified atom stereocenters. The van der Waals surface area contributed by atoms with E-state index in [1.54, 1.807) is 4.90 Å². The fourth-order valence-corrected chi connectivity index (χ4v) is 4.66. The molecule has 2 heterocycles. The molecular weight excluding hydrogens is 374 g/mol. The summed E-state index contributed by atoms with van der Waals surface area (Å²) in [5, 5.41) is 2.80. The van der Waals surface area contributed by atoms with E-state index in [1.165, 1.54) is 29.5 Å². The number of hydrogen-bond acceptors (Lipinski definition) is 6. The molecule has 9 heteroatoms. The fourth-order valence-electron chi connectivity index (χ4n) is 3.04. The van der Waals surface area contributed by atoms with E-state index in [2.05, 4.69) is 4.98 Å². The minimum absolute atomic E-state index is 0.00267. The minimum atomic E-state index is -3.59. The second-order valence-corrected chi connectivity index (χ2v) is 9.27. The average molecular weight is 393 g/mol. The highest BCUT2D eigenvalue weighted by Gasteiger charge is 2.33. The maximum absolute atomic E-state index is 13.0. The Morgan fingerprint density at radius 1 is 1.27 bits per heavy atom. The summed E-state index contributed by atoms with van der Waals surface area (Å²) >= 11 is 1.50. The fraction of sp³-hybridized carbons (Fsp3) is 0.353. The van der Waals surface area contributed by atoms with Gasteiger partial charge >= 0.3 is 0 Å². The summed E-state index contributed by atoms with van der Waals surface area (Å²) in [6, 6.07) is 3.70. The van der Waals surface area contributed by atoms with Crippen molar-refractivity contribution in [3.63, 3.8) is 0 Å². The van der Waals surface area contributed by atoms with E-state index in [0.717, 1.165) is 29.8 Å². The highest BCUT2D eigenvalue weighted by molar-refractivity contribution is 7.90. The normalized spacial score (nSPS) is 17.5. The Hall–Kier alpha value is -2.26. The first kappa shape index (κ1) is 18.5. The molecule has 138 valence electrons. The van der Waals surface area contributed by atoms with Crippen LogP contribution < -0.4 is 5.73 Å². The van der Waals surface area contributed by atoms with Crippen LogP contribution in [0.4, 0.5) is 0 Å². The van der Waals surface area contributed by atoms with Gasteiger partial charge in [0.1, 0.15) is 5.01 Å². The summed E-state index contributed by atoms with van der Waals surface area (Å²) in [5.74, 6) is -1.11. The van der Waals surface area contributed by atoms with Crippen LogP contribution in [0.5, 0.6) is 0 Å². The Kier molecular flexibility index (Phi) is 4.85. The molecule has 2 aromatic rings. The Balaban J connectivity index is 2.01. The van der Waals surface area contributed by atoms with Crippen LogP contribution in [0.15, 0.2) is 28.5 Å². The summed E-state index contributed by atoms with van der Waals surface area (Å²) in [4.78, 5) is 30.7. The SMILES string of the molecule is Cc1csc([C@H]2CCCN2C(=O)c2cc(C(N)=O)cc(S(C)(=O)=O)c2)n1. The molecule has 1 aromatic heterocycles. The van der Waals surface area contributed by atoms with Gasteiger partial charge in [0.05, 0.1) is 10.9 Å². The highest BCUT2D eigenvalue weighted by atomic mass is 32.2. The number of primary amides is 1. The van der Waals surface area contributed by atoms with E-state index >= 15 is 0 Å². The smallest absolute Gasteiger partial charge is 0.254 e. The van der Waals surface area contributed by atoms with Gasteiger partial charge in [-0.2, -0.15) is 0 Å². The van der Waals surface area contributed by atoms with Crippen LogP contribution in [0.25, 0.3) is 0 Å². The summed E-state index contributed by atoms with van der Waals surface area (Å²) in [6.45, 7) is 2.45. The van der Waals surface area contributed by atoms with Gasteiger partial charge in [0.2, 0.25) is 5.91 Å². The highest BCUT2D eigenvalue weighted by Crippen LogP contribution is 2.35. The first-order chi connectivity index (χ1) is 12.2. The monoisotopic (exact) mass is 393 g/mol. The molecule has 0 spiro atoms. The standard InChI is InChI=1S/C17H19N3O4S2/c1-10-9-25-16(19-10)14-4-3-5-20(14)17(22)12-6-11(15(18)21)7-13(8-12)26(2,23)24/h6-9,14H,3-5H2,1-2H3,(H2,18,21)/t14-/m1/s1. The van der Waals surface area contributed by atoms with Crippen LogP contribution in [0.1, 0.15) is 50.3 Å². The van der Waals surface area contributed by atoms with Gasteiger partial charge in [-0.3, -0.25) is 9.59 Å². The molecule has 7 nitrogen and oxygen atoms in total. The molecule has 0 bridgehead atoms. The number of rotatable bonds is 4. The number of aryl methyl sites for hydroxylation is 1. The maximum Gasteiger partial charge on any atom is 0.254 e. The van der Waals surface area contributed by atoms with Crippen LogP contribution in [0.3, 0.4) is 0 Å². The third-order valence-corrected chi connectivity index (χ3v) is 6.46. The quantitative estimate of drug-likeness (QED) is 0.853. The molecule has 1 aliphatic rings. The summed E-state index contributed by atoms with van der Waals surface area (Å²) in [6.07, 6.45) is 2.66. The first-order valence-electron chi connectivity index (χ1n) is 8.05. The molecule has 1 saturated heterocycles. The molecule has 1 fully saturated rings. The van der Waals surface area contributed by atoms with Crippen molar-refractivity contribution in [3.8, 4) is 0 Å². The third kappa shape index (κ3) is 3.63. The van der Waals surface area contributed by atoms with Crippen LogP contribution in [-0.2, 0) is 9.84 Å². The minimum Gasteiger partial charge on any atom is -0.366 e. The van der Waals surface area contributed by atoms with Crippen LogP contribution >= 0.6 is 11.3 Å². The van der Waals surface area contributed by atoms with Crippen molar-refractivity contribution < 1.29 is 18.0 Å². The van der Waals surface area contributed by atoms with Gasteiger partial charge < -0.3 is 10.6 Å². The van der Waals surface area contributed by atoms with E-state index in [1.807, 2.05) is 12.3 Å². The van der Waals surface area contributed by atoms with Crippen LogP contribution in [0.2, 0.25) is 0 Å². The van der Waals surface area contributed by atoms with Gasteiger partial charge in [0, 0.05) is 35.0 Å². The number of thiazole rings is 1. The molecule has 2 amide bonds. The molecule has 0 saturated carbocycles. The first-order valence-corrected chi connectivity index (χ1v) is 10.8. The molecule has 1 aromatic carbocycles. The van der Waals surface area contributed by atoms with Crippen LogP contribution in [0, 0.1) is 6.92 Å². The molecule has 2 N–H and O–H groups in total. The Bertz CT molecular complexity index is 982. The maximum atomic E-state index is 13.0. The predicted octanol–water partition coefficient (Wildman–Crippen LogP) is 1.93. The second-order valence-electron chi connectivity index (χ2n) is 6.37. The average Bonchev–Trinajstić information content (AvgIpc) is 3.21. The summed E-state index contributed by atoms with van der Waals surface area (Å²) < 4.78 is 23.8. The lowest BCUT2D eigenvalue weighted by molar-refractivity contribution is 0.0735. The second kappa shape index (κ2) is 6.81. The van der Waals surface area contributed by atoms with Crippen molar-refractivity contribution in [2.24, 2.45) is 5.73 Å². The number of aromatic nitrogens is 1. The molecular formula is C17H19N3O4S2. The lowest BCUT2D eigenvalue weighted by atomic mass is 10.1. The van der Waals surface area contributed by atoms with Crippen molar-refractivity contribution in [1.82, 2.24) is 9.88 Å². The zero-order valence-corrected chi connectivity index (χ0v) is 16.1. The van der Waals surface area contributed by atoms with Crippen molar-refractivity contribution in [2.45, 2.75) is 30.7 Å². The number of carbonyl (C=O) groups is 2. The lowest BCUT2D eigenvalue weighted by Gasteiger charge is -2.23. The molecule has 26 heavy (non-hydrogen) atoms. The summed E-state index contributed by atoms with van der Waals surface area (Å²) in [7, 11) is -3.59. The number of hydrogen-bond donors (Lipinski definition) is 1. The largest absolute Gasteiger partial charge is 0.366 e. The van der Waals surface area contributed by atoms with Gasteiger partial charge in [-0.1, -0.05) is 0 Å². The molecule has 3 rings (SSSR count). The number of amides is 2. The van der Waals surface area contributed by atoms with Crippen molar-refractivity contribution in [2.75, 3.05) is 12.8 Å². The van der Waals surface area contributed by atoms with E-state index in [-0.39, 0.29) is 28.0 Å². The van der Waals surface area contributed by atoms with Gasteiger partial charge in [-0.15, -0.1) is 11.3 Å². The molecule has 1 atom stereocenters. The van der Waals surface area contributed by atoms with Crippen molar-refractivity contribution in [3.05, 3.63) is 45.4 Å². The number of nitrogens with zero attached hydrogens (tertiary/aromatic N) is 2. The number of sulfone groups is 1. The molecule has 1 aliphatic heterocycles. The predicted molar refractivity (Wildman–Crippen MR) is 97.9 cm³/mol. The van der Waals surface area contributed by atoms with E-state index < -0.39 is 15.7 Å². The number of likely N-dealkylation sites (tertiary alicyclic amines) is 1.